The number of anilines is 1. The second-order valence-corrected chi connectivity index (χ2v) is 8.13. The van der Waals surface area contributed by atoms with E-state index in [4.69, 9.17) is 16.3 Å². The van der Waals surface area contributed by atoms with Gasteiger partial charge in [0.2, 0.25) is 0 Å². The van der Waals surface area contributed by atoms with Crippen LogP contribution < -0.4 is 5.32 Å². The summed E-state index contributed by atoms with van der Waals surface area (Å²) in [6.45, 7) is 0. The molecule has 2 fully saturated rings. The maximum absolute atomic E-state index is 14.6. The molecule has 3 heterocycles. The number of halogens is 2. The quantitative estimate of drug-likeness (QED) is 0.629. The van der Waals surface area contributed by atoms with Crippen molar-refractivity contribution in [3.63, 3.8) is 0 Å². The van der Waals surface area contributed by atoms with Gasteiger partial charge in [-0.15, -0.1) is 0 Å². The van der Waals surface area contributed by atoms with E-state index in [2.05, 4.69) is 25.3 Å². The van der Waals surface area contributed by atoms with Crippen LogP contribution in [0.4, 0.5) is 10.2 Å². The summed E-state index contributed by atoms with van der Waals surface area (Å²) in [5.74, 6) is -0.0764. The number of methoxy groups -OCH3 is 1. The molecule has 9 heteroatoms. The fourth-order valence-electron chi connectivity index (χ4n) is 4.89. The second kappa shape index (κ2) is 6.95. The second-order valence-electron chi connectivity index (χ2n) is 7.69. The highest BCUT2D eigenvalue weighted by Crippen LogP contribution is 2.50. The molecule has 2 aliphatic rings. The summed E-state index contributed by atoms with van der Waals surface area (Å²) >= 11 is 6.07. The van der Waals surface area contributed by atoms with Gasteiger partial charge in [0.1, 0.15) is 5.65 Å². The highest BCUT2D eigenvalue weighted by molar-refractivity contribution is 6.31. The summed E-state index contributed by atoms with van der Waals surface area (Å²) in [7, 11) is 1.39. The van der Waals surface area contributed by atoms with Crippen LogP contribution in [0.2, 0.25) is 5.02 Å². The Kier molecular flexibility index (Phi) is 4.38. The Morgan fingerprint density at radius 3 is 2.97 bits per heavy atom. The minimum atomic E-state index is -0.559. The van der Waals surface area contributed by atoms with Crippen molar-refractivity contribution in [2.24, 2.45) is 17.8 Å². The fraction of sp³-hybridized carbons (Fsp3) is 0.400. The minimum Gasteiger partial charge on any atom is -0.469 e. The number of nitrogens with one attached hydrogen (secondary N) is 2. The van der Waals surface area contributed by atoms with Gasteiger partial charge in [-0.25, -0.2) is 19.3 Å². The van der Waals surface area contributed by atoms with Crippen molar-refractivity contribution in [2.45, 2.75) is 25.3 Å². The van der Waals surface area contributed by atoms with E-state index in [0.29, 0.717) is 28.0 Å². The average molecular weight is 416 g/mol. The zero-order valence-corrected chi connectivity index (χ0v) is 16.4. The van der Waals surface area contributed by atoms with Gasteiger partial charge < -0.3 is 15.0 Å². The molecule has 4 atom stereocenters. The Balaban J connectivity index is 1.50. The third-order valence-electron chi connectivity index (χ3n) is 6.18. The number of aromatic amines is 1. The number of esters is 1. The topological polar surface area (TPSA) is 92.8 Å². The number of carbonyl (C=O) groups excluding carboxylic acids is 1. The largest absolute Gasteiger partial charge is 0.469 e. The number of carbonyl (C=O) groups is 1. The number of hydrogen-bond acceptors (Lipinski definition) is 6. The molecule has 0 saturated heterocycles. The van der Waals surface area contributed by atoms with Gasteiger partial charge in [0.25, 0.3) is 0 Å². The molecular weight excluding hydrogens is 397 g/mol. The molecule has 5 rings (SSSR count). The maximum atomic E-state index is 14.6. The molecule has 3 aromatic heterocycles. The molecular formula is C20H19ClFN5O2. The molecule has 29 heavy (non-hydrogen) atoms. The predicted molar refractivity (Wildman–Crippen MR) is 106 cm³/mol. The normalized spacial score (nSPS) is 25.5. The van der Waals surface area contributed by atoms with Gasteiger partial charge in [-0.3, -0.25) is 4.79 Å². The number of fused-ring (bicyclic) bond motifs is 3. The number of rotatable bonds is 4. The molecule has 0 spiro atoms. The summed E-state index contributed by atoms with van der Waals surface area (Å²) < 4.78 is 19.5. The first-order chi connectivity index (χ1) is 14.0. The third-order valence-corrected chi connectivity index (χ3v) is 6.38. The summed E-state index contributed by atoms with van der Waals surface area (Å²) in [5.41, 5.74) is 1.32. The van der Waals surface area contributed by atoms with E-state index in [9.17, 15) is 9.18 Å². The molecule has 2 bridgehead atoms. The Bertz CT molecular complexity index is 1100. The van der Waals surface area contributed by atoms with Crippen LogP contribution in [0.1, 0.15) is 19.3 Å². The zero-order chi connectivity index (χ0) is 20.1. The van der Waals surface area contributed by atoms with Crippen molar-refractivity contribution in [1.82, 2.24) is 19.9 Å². The lowest BCUT2D eigenvalue weighted by Crippen LogP contribution is -2.40. The summed E-state index contributed by atoms with van der Waals surface area (Å²) in [6, 6.07) is 1.57. The Labute approximate surface area is 171 Å². The smallest absolute Gasteiger partial charge is 0.311 e. The minimum absolute atomic E-state index is 0.0887. The van der Waals surface area contributed by atoms with Crippen molar-refractivity contribution in [3.05, 3.63) is 35.5 Å². The highest BCUT2D eigenvalue weighted by Gasteiger charge is 2.51. The number of ether oxygens (including phenoxy) is 1. The lowest BCUT2D eigenvalue weighted by atomic mass is 9.84. The zero-order valence-electron chi connectivity index (χ0n) is 15.7. The van der Waals surface area contributed by atoms with Crippen LogP contribution in [0.15, 0.2) is 24.7 Å². The fourth-order valence-corrected chi connectivity index (χ4v) is 5.05. The van der Waals surface area contributed by atoms with Crippen LogP contribution in [-0.4, -0.2) is 39.1 Å². The molecule has 0 amide bonds. The van der Waals surface area contributed by atoms with Gasteiger partial charge in [0.15, 0.2) is 17.5 Å². The predicted octanol–water partition coefficient (Wildman–Crippen LogP) is 3.81. The summed E-state index contributed by atoms with van der Waals surface area (Å²) in [4.78, 5) is 28.2. The summed E-state index contributed by atoms with van der Waals surface area (Å²) in [5, 5.41) is 4.43. The standard InChI is InChI=1S/C20H19ClFN5O2/c1-29-20(28)15-9-2-3-10(4-9)16(15)26-19-14(22)8-25-18(27-19)13-7-24-17-12(13)5-11(21)6-23-17/h5-10,15-16H,2-4H2,1H3,(H,23,24)(H,25,26,27)/t9?,10?,15?,16-/m0/s1. The van der Waals surface area contributed by atoms with Crippen LogP contribution in [0.3, 0.4) is 0 Å². The van der Waals surface area contributed by atoms with Crippen molar-refractivity contribution in [2.75, 3.05) is 12.4 Å². The molecule has 0 radical (unpaired) electrons. The van der Waals surface area contributed by atoms with E-state index in [-0.39, 0.29) is 29.7 Å². The lowest BCUT2D eigenvalue weighted by Gasteiger charge is -2.30. The number of H-pyrrole nitrogens is 1. The maximum Gasteiger partial charge on any atom is 0.311 e. The molecule has 0 aliphatic heterocycles. The van der Waals surface area contributed by atoms with Crippen LogP contribution in [0.25, 0.3) is 22.4 Å². The van der Waals surface area contributed by atoms with Crippen molar-refractivity contribution >= 4 is 34.4 Å². The number of hydrogen-bond donors (Lipinski definition) is 2. The first kappa shape index (κ1) is 18.3. The molecule has 7 nitrogen and oxygen atoms in total. The molecule has 3 unspecified atom stereocenters. The monoisotopic (exact) mass is 415 g/mol. The van der Waals surface area contributed by atoms with Crippen molar-refractivity contribution in [3.8, 4) is 11.4 Å². The van der Waals surface area contributed by atoms with Crippen molar-refractivity contribution < 1.29 is 13.9 Å². The molecule has 2 N–H and O–H groups in total. The first-order valence-corrected chi connectivity index (χ1v) is 9.93. The van der Waals surface area contributed by atoms with Gasteiger partial charge >= 0.3 is 5.97 Å². The van der Waals surface area contributed by atoms with E-state index in [1.165, 1.54) is 7.11 Å². The van der Waals surface area contributed by atoms with Crippen molar-refractivity contribution in [1.29, 1.82) is 0 Å². The van der Waals surface area contributed by atoms with Gasteiger partial charge in [-0.05, 0) is 37.2 Å². The molecule has 2 saturated carbocycles. The third kappa shape index (κ3) is 3.02. The van der Waals surface area contributed by atoms with E-state index in [1.807, 2.05) is 0 Å². The SMILES string of the molecule is COC(=O)C1C2CCC(C2)[C@@H]1Nc1nc(-c2c[nH]c3ncc(Cl)cc23)ncc1F. The Morgan fingerprint density at radius 1 is 1.31 bits per heavy atom. The first-order valence-electron chi connectivity index (χ1n) is 9.55. The highest BCUT2D eigenvalue weighted by atomic mass is 35.5. The number of aromatic nitrogens is 4. The number of nitrogens with zero attached hydrogens (tertiary/aromatic N) is 3. The van der Waals surface area contributed by atoms with Crippen LogP contribution in [-0.2, 0) is 9.53 Å². The van der Waals surface area contributed by atoms with Gasteiger partial charge in [-0.1, -0.05) is 11.6 Å². The Morgan fingerprint density at radius 2 is 2.14 bits per heavy atom. The molecule has 150 valence electrons. The van der Waals surface area contributed by atoms with Gasteiger partial charge in [-0.2, -0.15) is 0 Å². The van der Waals surface area contributed by atoms with E-state index in [0.717, 1.165) is 30.8 Å². The molecule has 0 aromatic carbocycles. The van der Waals surface area contributed by atoms with E-state index in [1.54, 1.807) is 18.5 Å². The van der Waals surface area contributed by atoms with Gasteiger partial charge in [0, 0.05) is 29.4 Å². The summed E-state index contributed by atoms with van der Waals surface area (Å²) in [6.07, 6.45) is 7.38. The lowest BCUT2D eigenvalue weighted by molar-refractivity contribution is -0.147. The van der Waals surface area contributed by atoms with E-state index < -0.39 is 5.82 Å². The van der Waals surface area contributed by atoms with Gasteiger partial charge in [0.05, 0.1) is 24.2 Å². The van der Waals surface area contributed by atoms with Crippen LogP contribution in [0, 0.1) is 23.6 Å². The van der Waals surface area contributed by atoms with Crippen LogP contribution >= 0.6 is 11.6 Å². The molecule has 3 aromatic rings. The number of pyridine rings is 1. The average Bonchev–Trinajstić information content (AvgIpc) is 3.43. The molecule has 2 aliphatic carbocycles. The van der Waals surface area contributed by atoms with Crippen LogP contribution in [0.5, 0.6) is 0 Å². The Hall–Kier alpha value is -2.74. The van der Waals surface area contributed by atoms with E-state index >= 15 is 0 Å².